The topological polar surface area (TPSA) is 86.1 Å². The molecule has 7 nitrogen and oxygen atoms in total. The molecular weight excluding hydrogens is 440 g/mol. The molecule has 0 bridgehead atoms. The van der Waals surface area contributed by atoms with Crippen LogP contribution in [0.1, 0.15) is 34.5 Å². The fourth-order valence-electron chi connectivity index (χ4n) is 3.24. The SMILES string of the molecule is CC(NC(=O)COc1ccc(C(=O)c2ccc(Cl)cc2)cc1)c1ccc(-n2cncn2)cc1. The van der Waals surface area contributed by atoms with Gasteiger partial charge in [0, 0.05) is 16.1 Å². The van der Waals surface area contributed by atoms with Crippen molar-refractivity contribution in [2.75, 3.05) is 6.61 Å². The number of carbonyl (C=O) groups excluding carboxylic acids is 2. The second kappa shape index (κ2) is 10.1. The third kappa shape index (κ3) is 5.64. The van der Waals surface area contributed by atoms with Crippen LogP contribution in [0.25, 0.3) is 5.69 Å². The van der Waals surface area contributed by atoms with E-state index in [2.05, 4.69) is 15.4 Å². The zero-order chi connectivity index (χ0) is 23.2. The first-order chi connectivity index (χ1) is 16.0. The predicted molar refractivity (Wildman–Crippen MR) is 125 cm³/mol. The fourth-order valence-corrected chi connectivity index (χ4v) is 3.37. The lowest BCUT2D eigenvalue weighted by Gasteiger charge is -2.15. The van der Waals surface area contributed by atoms with Crippen LogP contribution in [0.2, 0.25) is 5.02 Å². The van der Waals surface area contributed by atoms with Gasteiger partial charge in [-0.25, -0.2) is 9.67 Å². The largest absolute Gasteiger partial charge is 0.484 e. The van der Waals surface area contributed by atoms with Crippen LogP contribution in [0.5, 0.6) is 5.75 Å². The molecule has 4 rings (SSSR count). The van der Waals surface area contributed by atoms with Gasteiger partial charge in [0.15, 0.2) is 12.4 Å². The predicted octanol–water partition coefficient (Wildman–Crippen LogP) is 4.41. The van der Waals surface area contributed by atoms with Gasteiger partial charge in [-0.05, 0) is 73.2 Å². The molecule has 1 heterocycles. The molecule has 1 atom stereocenters. The maximum absolute atomic E-state index is 12.5. The molecule has 1 amide bonds. The molecule has 0 aliphatic heterocycles. The van der Waals surface area contributed by atoms with Crippen molar-refractivity contribution in [3.63, 3.8) is 0 Å². The standard InChI is InChI=1S/C25H21ClN4O3/c1-17(18-4-10-22(11-5-18)30-16-27-15-28-30)29-24(31)14-33-23-12-6-20(7-13-23)25(32)19-2-8-21(26)9-3-19/h2-13,15-17H,14H2,1H3,(H,29,31). The molecule has 0 fully saturated rings. The molecule has 0 saturated heterocycles. The van der Waals surface area contributed by atoms with Gasteiger partial charge < -0.3 is 10.1 Å². The van der Waals surface area contributed by atoms with Crippen LogP contribution in [-0.2, 0) is 4.79 Å². The van der Waals surface area contributed by atoms with Crippen molar-refractivity contribution in [1.82, 2.24) is 20.1 Å². The maximum atomic E-state index is 12.5. The summed E-state index contributed by atoms with van der Waals surface area (Å²) in [6.07, 6.45) is 3.10. The summed E-state index contributed by atoms with van der Waals surface area (Å²) in [5, 5.41) is 7.58. The van der Waals surface area contributed by atoms with Crippen LogP contribution in [0.4, 0.5) is 0 Å². The van der Waals surface area contributed by atoms with E-state index in [0.29, 0.717) is 21.9 Å². The second-order valence-electron chi connectivity index (χ2n) is 7.37. The van der Waals surface area contributed by atoms with Crippen LogP contribution in [0.15, 0.2) is 85.5 Å². The first-order valence-corrected chi connectivity index (χ1v) is 10.6. The Labute approximate surface area is 196 Å². The highest BCUT2D eigenvalue weighted by Crippen LogP contribution is 2.18. The number of amides is 1. The van der Waals surface area contributed by atoms with Crippen molar-refractivity contribution < 1.29 is 14.3 Å². The molecular formula is C25H21ClN4O3. The lowest BCUT2D eigenvalue weighted by molar-refractivity contribution is -0.123. The van der Waals surface area contributed by atoms with Crippen molar-refractivity contribution >= 4 is 23.3 Å². The molecule has 1 unspecified atom stereocenters. The minimum atomic E-state index is -0.246. The molecule has 0 aliphatic rings. The summed E-state index contributed by atoms with van der Waals surface area (Å²) in [4.78, 5) is 28.8. The van der Waals surface area contributed by atoms with E-state index in [4.69, 9.17) is 16.3 Å². The number of aromatic nitrogens is 3. The number of ether oxygens (including phenoxy) is 1. The quantitative estimate of drug-likeness (QED) is 0.394. The number of nitrogens with one attached hydrogen (secondary N) is 1. The van der Waals surface area contributed by atoms with Gasteiger partial charge in [0.05, 0.1) is 11.7 Å². The minimum absolute atomic E-state index is 0.111. The van der Waals surface area contributed by atoms with E-state index in [9.17, 15) is 9.59 Å². The number of benzene rings is 3. The number of hydrogen-bond acceptors (Lipinski definition) is 5. The molecule has 0 spiro atoms. The summed E-state index contributed by atoms with van der Waals surface area (Å²) >= 11 is 5.87. The van der Waals surface area contributed by atoms with Gasteiger partial charge in [-0.2, -0.15) is 5.10 Å². The molecule has 0 saturated carbocycles. The van der Waals surface area contributed by atoms with E-state index in [0.717, 1.165) is 11.3 Å². The fraction of sp³-hybridized carbons (Fsp3) is 0.120. The highest BCUT2D eigenvalue weighted by atomic mass is 35.5. The summed E-state index contributed by atoms with van der Waals surface area (Å²) in [7, 11) is 0. The van der Waals surface area contributed by atoms with E-state index in [1.807, 2.05) is 31.2 Å². The summed E-state index contributed by atoms with van der Waals surface area (Å²) in [5.74, 6) is 0.145. The Morgan fingerprint density at radius 2 is 1.61 bits per heavy atom. The maximum Gasteiger partial charge on any atom is 0.258 e. The zero-order valence-corrected chi connectivity index (χ0v) is 18.6. The third-order valence-electron chi connectivity index (χ3n) is 5.05. The summed E-state index contributed by atoms with van der Waals surface area (Å²) in [6, 6.07) is 20.9. The number of rotatable bonds is 8. The Morgan fingerprint density at radius 1 is 0.970 bits per heavy atom. The molecule has 1 N–H and O–H groups in total. The monoisotopic (exact) mass is 460 g/mol. The van der Waals surface area contributed by atoms with Crippen LogP contribution >= 0.6 is 11.6 Å². The van der Waals surface area contributed by atoms with E-state index in [-0.39, 0.29) is 24.3 Å². The number of ketones is 1. The van der Waals surface area contributed by atoms with Crippen LogP contribution in [-0.4, -0.2) is 33.1 Å². The van der Waals surface area contributed by atoms with Crippen LogP contribution < -0.4 is 10.1 Å². The molecule has 3 aromatic carbocycles. The van der Waals surface area contributed by atoms with Gasteiger partial charge in [-0.3, -0.25) is 9.59 Å². The zero-order valence-electron chi connectivity index (χ0n) is 17.8. The van der Waals surface area contributed by atoms with Gasteiger partial charge in [0.2, 0.25) is 0 Å². The van der Waals surface area contributed by atoms with Crippen molar-refractivity contribution in [1.29, 1.82) is 0 Å². The third-order valence-corrected chi connectivity index (χ3v) is 5.30. The van der Waals surface area contributed by atoms with Gasteiger partial charge in [0.1, 0.15) is 18.4 Å². The highest BCUT2D eigenvalue weighted by molar-refractivity contribution is 6.30. The van der Waals surface area contributed by atoms with Crippen LogP contribution in [0.3, 0.4) is 0 Å². The van der Waals surface area contributed by atoms with Gasteiger partial charge in [-0.1, -0.05) is 23.7 Å². The molecule has 33 heavy (non-hydrogen) atoms. The van der Waals surface area contributed by atoms with Crippen molar-refractivity contribution in [2.24, 2.45) is 0 Å². The van der Waals surface area contributed by atoms with Crippen LogP contribution in [0, 0.1) is 0 Å². The van der Waals surface area contributed by atoms with Gasteiger partial charge >= 0.3 is 0 Å². The van der Waals surface area contributed by atoms with Crippen molar-refractivity contribution in [2.45, 2.75) is 13.0 Å². The minimum Gasteiger partial charge on any atom is -0.484 e. The number of halogens is 1. The molecule has 0 aliphatic carbocycles. The Hall–Kier alpha value is -3.97. The number of nitrogens with zero attached hydrogens (tertiary/aromatic N) is 3. The Bertz CT molecular complexity index is 1220. The number of carbonyl (C=O) groups is 2. The number of hydrogen-bond donors (Lipinski definition) is 1. The summed E-state index contributed by atoms with van der Waals surface area (Å²) in [6.45, 7) is 1.77. The normalized spacial score (nSPS) is 11.6. The molecule has 166 valence electrons. The lowest BCUT2D eigenvalue weighted by atomic mass is 10.0. The summed E-state index contributed by atoms with van der Waals surface area (Å²) < 4.78 is 7.23. The molecule has 4 aromatic rings. The van der Waals surface area contributed by atoms with E-state index in [1.54, 1.807) is 59.5 Å². The average molecular weight is 461 g/mol. The average Bonchev–Trinajstić information content (AvgIpc) is 3.38. The molecule has 8 heteroatoms. The molecule has 1 aromatic heterocycles. The second-order valence-corrected chi connectivity index (χ2v) is 7.81. The Morgan fingerprint density at radius 3 is 2.21 bits per heavy atom. The lowest BCUT2D eigenvalue weighted by Crippen LogP contribution is -2.31. The van der Waals surface area contributed by atoms with E-state index < -0.39 is 0 Å². The smallest absolute Gasteiger partial charge is 0.258 e. The Kier molecular flexibility index (Phi) is 6.80. The summed E-state index contributed by atoms with van der Waals surface area (Å²) in [5.41, 5.74) is 2.92. The van der Waals surface area contributed by atoms with E-state index in [1.165, 1.54) is 6.33 Å². The van der Waals surface area contributed by atoms with Gasteiger partial charge in [0.25, 0.3) is 5.91 Å². The van der Waals surface area contributed by atoms with E-state index >= 15 is 0 Å². The first-order valence-electron chi connectivity index (χ1n) is 10.3. The van der Waals surface area contributed by atoms with Crippen molar-refractivity contribution in [3.8, 4) is 11.4 Å². The van der Waals surface area contributed by atoms with Gasteiger partial charge in [-0.15, -0.1) is 0 Å². The van der Waals surface area contributed by atoms with Crippen molar-refractivity contribution in [3.05, 3.63) is 107 Å². The first kappa shape index (κ1) is 22.2. The Balaban J connectivity index is 1.28. The highest BCUT2D eigenvalue weighted by Gasteiger charge is 2.12. The molecule has 0 radical (unpaired) electrons.